The quantitative estimate of drug-likeness (QED) is 0.851. The third-order valence-electron chi connectivity index (χ3n) is 5.59. The number of halogens is 1. The number of amides is 2. The van der Waals surface area contributed by atoms with Crippen LogP contribution in [0.5, 0.6) is 0 Å². The zero-order valence-electron chi connectivity index (χ0n) is 14.1. The molecule has 1 aromatic heterocycles. The lowest BCUT2D eigenvalue weighted by Gasteiger charge is -2.31. The third-order valence-corrected chi connectivity index (χ3v) is 5.59. The number of hydrogen-bond donors (Lipinski definition) is 1. The molecule has 1 aliphatic heterocycles. The van der Waals surface area contributed by atoms with E-state index < -0.39 is 0 Å². The third kappa shape index (κ3) is 2.66. The van der Waals surface area contributed by atoms with Crippen LogP contribution in [0.2, 0.25) is 0 Å². The van der Waals surface area contributed by atoms with Crippen LogP contribution >= 0.6 is 0 Å². The predicted octanol–water partition coefficient (Wildman–Crippen LogP) is 3.72. The Morgan fingerprint density at radius 1 is 1.25 bits per heavy atom. The molecule has 128 valence electrons. The van der Waals surface area contributed by atoms with Crippen LogP contribution in [-0.4, -0.2) is 28.1 Å². The Balaban J connectivity index is 1.56. The van der Waals surface area contributed by atoms with E-state index in [1.807, 2.05) is 18.0 Å². The molecule has 0 spiro atoms. The molecule has 1 saturated carbocycles. The molecule has 2 heterocycles. The molecule has 0 radical (unpaired) electrons. The molecule has 0 atom stereocenters. The summed E-state index contributed by atoms with van der Waals surface area (Å²) >= 11 is 0. The molecule has 1 N–H and O–H groups in total. The molecule has 2 aliphatic rings. The van der Waals surface area contributed by atoms with Gasteiger partial charge in [-0.2, -0.15) is 0 Å². The molecule has 2 amide bonds. The van der Waals surface area contributed by atoms with E-state index in [0.717, 1.165) is 42.3 Å². The number of carbonyl (C=O) groups excluding carboxylic acids is 1. The number of benzene rings is 1. The van der Waals surface area contributed by atoms with Crippen molar-refractivity contribution < 1.29 is 9.18 Å². The minimum Gasteiger partial charge on any atom is -0.347 e. The molecule has 4 rings (SSSR count). The van der Waals surface area contributed by atoms with E-state index in [1.54, 1.807) is 6.07 Å². The lowest BCUT2D eigenvalue weighted by molar-refractivity contribution is 0.184. The van der Waals surface area contributed by atoms with Crippen molar-refractivity contribution in [1.29, 1.82) is 0 Å². The standard InChI is InChI=1S/C19H24FN3O/c1-22-17-8-7-13(20)11-15(17)16-12-23(10-9-18(16)22)19(24)21-14-5-3-2-4-6-14/h7-8,11,14H,2-6,9-10,12H2,1H3,(H,21,24). The van der Waals surface area contributed by atoms with Gasteiger partial charge in [-0.1, -0.05) is 19.3 Å². The van der Waals surface area contributed by atoms with Crippen LogP contribution in [0.25, 0.3) is 10.9 Å². The van der Waals surface area contributed by atoms with Crippen molar-refractivity contribution in [3.05, 3.63) is 35.3 Å². The molecule has 1 aliphatic carbocycles. The smallest absolute Gasteiger partial charge is 0.317 e. The monoisotopic (exact) mass is 329 g/mol. The van der Waals surface area contributed by atoms with Gasteiger partial charge in [0.05, 0.1) is 0 Å². The predicted molar refractivity (Wildman–Crippen MR) is 92.4 cm³/mol. The fourth-order valence-electron chi connectivity index (χ4n) is 4.24. The van der Waals surface area contributed by atoms with Crippen LogP contribution in [-0.2, 0) is 20.0 Å². The van der Waals surface area contributed by atoms with E-state index in [-0.39, 0.29) is 11.8 Å². The van der Waals surface area contributed by atoms with Crippen LogP contribution in [0.15, 0.2) is 18.2 Å². The van der Waals surface area contributed by atoms with Crippen molar-refractivity contribution in [2.75, 3.05) is 6.54 Å². The Bertz CT molecular complexity index is 777. The normalized spacial score (nSPS) is 18.7. The van der Waals surface area contributed by atoms with Gasteiger partial charge in [-0.25, -0.2) is 9.18 Å². The first kappa shape index (κ1) is 15.5. The van der Waals surface area contributed by atoms with Crippen LogP contribution in [0, 0.1) is 5.82 Å². The minimum absolute atomic E-state index is 0.0287. The highest BCUT2D eigenvalue weighted by molar-refractivity contribution is 5.86. The average molecular weight is 329 g/mol. The Hall–Kier alpha value is -2.04. The van der Waals surface area contributed by atoms with E-state index in [9.17, 15) is 9.18 Å². The maximum atomic E-state index is 13.7. The topological polar surface area (TPSA) is 37.3 Å². The average Bonchev–Trinajstić information content (AvgIpc) is 2.87. The number of rotatable bonds is 1. The van der Waals surface area contributed by atoms with Gasteiger partial charge in [-0.15, -0.1) is 0 Å². The maximum Gasteiger partial charge on any atom is 0.317 e. The van der Waals surface area contributed by atoms with Crippen molar-refractivity contribution in [2.45, 2.75) is 51.1 Å². The maximum absolute atomic E-state index is 13.7. The van der Waals surface area contributed by atoms with Gasteiger partial charge in [0, 0.05) is 54.8 Å². The number of aryl methyl sites for hydroxylation is 1. The van der Waals surface area contributed by atoms with E-state index >= 15 is 0 Å². The number of urea groups is 1. The Morgan fingerprint density at radius 2 is 2.04 bits per heavy atom. The van der Waals surface area contributed by atoms with Crippen molar-refractivity contribution in [3.8, 4) is 0 Å². The van der Waals surface area contributed by atoms with Crippen LogP contribution in [0.3, 0.4) is 0 Å². The van der Waals surface area contributed by atoms with Crippen molar-refractivity contribution >= 4 is 16.9 Å². The summed E-state index contributed by atoms with van der Waals surface area (Å²) in [7, 11) is 2.02. The summed E-state index contributed by atoms with van der Waals surface area (Å²) in [6, 6.07) is 5.27. The Kier molecular flexibility index (Phi) is 3.94. The van der Waals surface area contributed by atoms with Gasteiger partial charge >= 0.3 is 6.03 Å². The number of carbonyl (C=O) groups is 1. The molecule has 0 saturated heterocycles. The summed E-state index contributed by atoms with van der Waals surface area (Å²) < 4.78 is 15.8. The zero-order valence-corrected chi connectivity index (χ0v) is 14.1. The first-order chi connectivity index (χ1) is 11.6. The number of aromatic nitrogens is 1. The highest BCUT2D eigenvalue weighted by Crippen LogP contribution is 2.30. The van der Waals surface area contributed by atoms with Gasteiger partial charge in [-0.05, 0) is 31.0 Å². The first-order valence-electron chi connectivity index (χ1n) is 8.94. The number of hydrogen-bond acceptors (Lipinski definition) is 1. The van der Waals surface area contributed by atoms with Crippen LogP contribution < -0.4 is 5.32 Å². The van der Waals surface area contributed by atoms with Gasteiger partial charge < -0.3 is 14.8 Å². The van der Waals surface area contributed by atoms with E-state index in [1.165, 1.54) is 31.0 Å². The number of fused-ring (bicyclic) bond motifs is 3. The fourth-order valence-corrected chi connectivity index (χ4v) is 4.24. The van der Waals surface area contributed by atoms with Crippen LogP contribution in [0.1, 0.15) is 43.4 Å². The summed E-state index contributed by atoms with van der Waals surface area (Å²) in [4.78, 5) is 14.5. The van der Waals surface area contributed by atoms with Gasteiger partial charge in [0.25, 0.3) is 0 Å². The first-order valence-corrected chi connectivity index (χ1v) is 8.94. The number of nitrogens with one attached hydrogen (secondary N) is 1. The molecular formula is C19H24FN3O. The van der Waals surface area contributed by atoms with Crippen molar-refractivity contribution in [3.63, 3.8) is 0 Å². The van der Waals surface area contributed by atoms with Gasteiger partial charge in [-0.3, -0.25) is 0 Å². The van der Waals surface area contributed by atoms with Crippen molar-refractivity contribution in [2.24, 2.45) is 7.05 Å². The molecule has 24 heavy (non-hydrogen) atoms. The Morgan fingerprint density at radius 3 is 2.83 bits per heavy atom. The van der Waals surface area contributed by atoms with Gasteiger partial charge in [0.2, 0.25) is 0 Å². The molecule has 4 nitrogen and oxygen atoms in total. The summed E-state index contributed by atoms with van der Waals surface area (Å²) in [5.74, 6) is -0.223. The summed E-state index contributed by atoms with van der Waals surface area (Å²) in [6.45, 7) is 1.28. The van der Waals surface area contributed by atoms with Gasteiger partial charge in [0.15, 0.2) is 0 Å². The van der Waals surface area contributed by atoms with E-state index in [2.05, 4.69) is 9.88 Å². The second-order valence-electron chi connectivity index (χ2n) is 7.10. The molecule has 2 aromatic rings. The fraction of sp³-hybridized carbons (Fsp3) is 0.526. The zero-order chi connectivity index (χ0) is 16.7. The summed E-state index contributed by atoms with van der Waals surface area (Å²) in [5, 5.41) is 4.12. The lowest BCUT2D eigenvalue weighted by atomic mass is 9.95. The molecule has 5 heteroatoms. The lowest BCUT2D eigenvalue weighted by Crippen LogP contribution is -2.47. The molecule has 1 fully saturated rings. The molecule has 0 unspecified atom stereocenters. The Labute approximate surface area is 141 Å². The van der Waals surface area contributed by atoms with Gasteiger partial charge in [0.1, 0.15) is 5.82 Å². The largest absolute Gasteiger partial charge is 0.347 e. The van der Waals surface area contributed by atoms with Crippen molar-refractivity contribution in [1.82, 2.24) is 14.8 Å². The van der Waals surface area contributed by atoms with E-state index in [4.69, 9.17) is 0 Å². The van der Waals surface area contributed by atoms with Crippen LogP contribution in [0.4, 0.5) is 9.18 Å². The SMILES string of the molecule is Cn1c2c(c3cc(F)ccc31)CN(C(=O)NC1CCCCC1)CC2. The highest BCUT2D eigenvalue weighted by atomic mass is 19.1. The second kappa shape index (κ2) is 6.11. The number of nitrogens with zero attached hydrogens (tertiary/aromatic N) is 2. The minimum atomic E-state index is -0.223. The summed E-state index contributed by atoms with van der Waals surface area (Å²) in [6.07, 6.45) is 6.69. The molecule has 1 aromatic carbocycles. The second-order valence-corrected chi connectivity index (χ2v) is 7.10. The summed E-state index contributed by atoms with van der Waals surface area (Å²) in [5.41, 5.74) is 3.35. The highest BCUT2D eigenvalue weighted by Gasteiger charge is 2.27. The van der Waals surface area contributed by atoms with E-state index in [0.29, 0.717) is 12.6 Å². The molecular weight excluding hydrogens is 305 g/mol. The molecule has 0 bridgehead atoms.